The minimum absolute atomic E-state index is 0.438. The lowest BCUT2D eigenvalue weighted by Gasteiger charge is -2.18. The molecule has 1 rings (SSSR count). The Morgan fingerprint density at radius 2 is 1.59 bits per heavy atom. The van der Waals surface area contributed by atoms with Crippen LogP contribution in [0.25, 0.3) is 0 Å². The van der Waals surface area contributed by atoms with Crippen LogP contribution >= 0.6 is 38.6 Å². The molecular formula is C7H9ClO6P2S. The number of hydrogen-bond acceptors (Lipinski definition) is 3. The van der Waals surface area contributed by atoms with Crippen molar-refractivity contribution in [1.29, 1.82) is 0 Å². The summed E-state index contributed by atoms with van der Waals surface area (Å²) in [5, 5.41) is -0.567. The molecule has 0 saturated carbocycles. The van der Waals surface area contributed by atoms with E-state index in [-0.39, 0.29) is 0 Å². The van der Waals surface area contributed by atoms with Gasteiger partial charge in [-0.05, 0) is 24.2 Å². The minimum Gasteiger partial charge on any atom is -0.323 e. The van der Waals surface area contributed by atoms with Gasteiger partial charge in [0, 0.05) is 9.92 Å². The summed E-state index contributed by atoms with van der Waals surface area (Å²) in [6.45, 7) is 0. The van der Waals surface area contributed by atoms with Crippen LogP contribution in [0, 0.1) is 0 Å². The molecule has 0 heterocycles. The first-order valence-corrected chi connectivity index (χ1v) is 8.13. The first-order valence-electron chi connectivity index (χ1n) is 6.21. The van der Waals surface area contributed by atoms with Gasteiger partial charge in [0.25, 0.3) is 0 Å². The Bertz CT molecular complexity index is 669. The normalized spacial score (nSPS) is 17.8. The molecule has 0 amide bonds. The minimum atomic E-state index is -5.71. The fourth-order valence-electron chi connectivity index (χ4n) is 0.717. The molecular weight excluding hydrogens is 310 g/mol. The highest BCUT2D eigenvalue weighted by Gasteiger charge is 2.44. The number of hydrogen-bond donors (Lipinski definition) is 4. The summed E-state index contributed by atoms with van der Waals surface area (Å²) in [5.74, 6) is 0. The molecule has 0 unspecified atom stereocenters. The Morgan fingerprint density at radius 3 is 1.94 bits per heavy atom. The molecule has 96 valence electrons. The zero-order chi connectivity index (χ0) is 17.7. The molecule has 0 aromatic heterocycles. The van der Waals surface area contributed by atoms with Crippen LogP contribution in [-0.2, 0) is 9.13 Å². The summed E-state index contributed by atoms with van der Waals surface area (Å²) in [6.07, 6.45) is 0. The molecule has 0 fully saturated rings. The van der Waals surface area contributed by atoms with E-state index in [9.17, 15) is 9.13 Å². The van der Waals surface area contributed by atoms with Crippen molar-refractivity contribution in [3.8, 4) is 0 Å². The Labute approximate surface area is 113 Å². The van der Waals surface area contributed by atoms with Crippen molar-refractivity contribution in [2.75, 3.05) is 0 Å². The standard InChI is InChI=1S/C7H9ClO6P2S/c8-5-1-3-6(4-2-5)17-7(15(9,10)11)16(12,13)14/h1-4,7H,(H2,9,10,11)(H2,12,13,14)/i1D,2D,3D,4D,7D. The van der Waals surface area contributed by atoms with Crippen LogP contribution in [0.5, 0.6) is 0 Å². The first kappa shape index (κ1) is 9.13. The van der Waals surface area contributed by atoms with Crippen LogP contribution in [0.15, 0.2) is 29.1 Å². The van der Waals surface area contributed by atoms with E-state index in [0.29, 0.717) is 0 Å². The molecule has 0 atom stereocenters. The highest BCUT2D eigenvalue weighted by atomic mass is 35.5. The van der Waals surface area contributed by atoms with Gasteiger partial charge in [-0.25, -0.2) is 0 Å². The monoisotopic (exact) mass is 323 g/mol. The van der Waals surface area contributed by atoms with Crippen molar-refractivity contribution in [1.82, 2.24) is 0 Å². The van der Waals surface area contributed by atoms with Crippen molar-refractivity contribution in [3.05, 3.63) is 29.2 Å². The topological polar surface area (TPSA) is 115 Å². The number of halogens is 1. The van der Waals surface area contributed by atoms with Crippen molar-refractivity contribution in [2.24, 2.45) is 0 Å². The lowest BCUT2D eigenvalue weighted by atomic mass is 10.4. The lowest BCUT2D eigenvalue weighted by Crippen LogP contribution is -2.04. The van der Waals surface area contributed by atoms with Gasteiger partial charge in [-0.2, -0.15) is 0 Å². The van der Waals surface area contributed by atoms with Crippen molar-refractivity contribution in [2.45, 2.75) is 9.60 Å². The summed E-state index contributed by atoms with van der Waals surface area (Å²) >= 11 is 5.09. The summed E-state index contributed by atoms with van der Waals surface area (Å²) in [6, 6.07) is -3.25. The molecule has 0 aliphatic rings. The highest BCUT2D eigenvalue weighted by molar-refractivity contribution is 8.12. The Balaban J connectivity index is 3.66. The molecule has 0 bridgehead atoms. The highest BCUT2D eigenvalue weighted by Crippen LogP contribution is 2.65. The number of benzene rings is 1. The predicted octanol–water partition coefficient (Wildman–Crippen LogP) is 2.07. The van der Waals surface area contributed by atoms with E-state index >= 15 is 0 Å². The summed E-state index contributed by atoms with van der Waals surface area (Å²) in [5.41, 5.74) is 0. The van der Waals surface area contributed by atoms with Gasteiger partial charge in [0.15, 0.2) is 0 Å². The third kappa shape index (κ3) is 4.73. The van der Waals surface area contributed by atoms with Crippen molar-refractivity contribution in [3.63, 3.8) is 0 Å². The van der Waals surface area contributed by atoms with E-state index in [2.05, 4.69) is 0 Å². The van der Waals surface area contributed by atoms with E-state index in [1.54, 1.807) is 0 Å². The Morgan fingerprint density at radius 1 is 1.18 bits per heavy atom. The largest absolute Gasteiger partial charge is 0.351 e. The number of rotatable bonds is 4. The van der Waals surface area contributed by atoms with Crippen LogP contribution < -0.4 is 0 Å². The van der Waals surface area contributed by atoms with Gasteiger partial charge in [0.05, 0.1) is 6.85 Å². The average molecular weight is 324 g/mol. The fourth-order valence-corrected chi connectivity index (χ4v) is 4.05. The average Bonchev–Trinajstić information content (AvgIpc) is 2.36. The van der Waals surface area contributed by atoms with Gasteiger partial charge >= 0.3 is 15.2 Å². The van der Waals surface area contributed by atoms with Crippen molar-refractivity contribution < 1.29 is 35.6 Å². The Hall–Kier alpha value is 0.160. The van der Waals surface area contributed by atoms with E-state index in [1.807, 2.05) is 0 Å². The molecule has 0 radical (unpaired) electrons. The molecule has 4 N–H and O–H groups in total. The second-order valence-electron chi connectivity index (χ2n) is 2.62. The second kappa shape index (κ2) is 5.43. The maximum atomic E-state index is 11.3. The van der Waals surface area contributed by atoms with E-state index in [4.69, 9.17) is 38.0 Å². The van der Waals surface area contributed by atoms with Crippen LogP contribution in [0.4, 0.5) is 0 Å². The summed E-state index contributed by atoms with van der Waals surface area (Å²) < 4.78 is 56.5. The van der Waals surface area contributed by atoms with Gasteiger partial charge in [-0.1, -0.05) is 23.4 Å². The van der Waals surface area contributed by atoms with E-state index < -0.39 is 65.7 Å². The number of thioether (sulfide) groups is 1. The maximum absolute atomic E-state index is 11.3. The molecule has 1 aromatic carbocycles. The van der Waals surface area contributed by atoms with Crippen LogP contribution in [0.3, 0.4) is 0 Å². The fraction of sp³-hybridized carbons (Fsp3) is 0.143. The molecule has 0 spiro atoms. The second-order valence-corrected chi connectivity index (χ2v) is 8.04. The predicted molar refractivity (Wildman–Crippen MR) is 65.2 cm³/mol. The molecule has 1 aromatic rings. The van der Waals surface area contributed by atoms with Gasteiger partial charge < -0.3 is 19.6 Å². The van der Waals surface area contributed by atoms with Gasteiger partial charge in [0.2, 0.25) is 4.71 Å². The molecule has 17 heavy (non-hydrogen) atoms. The van der Waals surface area contributed by atoms with Crippen molar-refractivity contribution >= 4 is 38.6 Å². The molecule has 6 nitrogen and oxygen atoms in total. The Kier molecular flexibility index (Phi) is 2.91. The van der Waals surface area contributed by atoms with Crippen LogP contribution in [0.2, 0.25) is 5.02 Å². The molecule has 0 saturated heterocycles. The van der Waals surface area contributed by atoms with Gasteiger partial charge in [0.1, 0.15) is 0 Å². The first-order chi connectivity index (χ1) is 9.65. The summed E-state index contributed by atoms with van der Waals surface area (Å²) in [7, 11) is -11.4. The molecule has 0 aliphatic heterocycles. The zero-order valence-electron chi connectivity index (χ0n) is 12.8. The van der Waals surface area contributed by atoms with Gasteiger partial charge in [-0.3, -0.25) is 9.13 Å². The third-order valence-electron chi connectivity index (χ3n) is 1.26. The summed E-state index contributed by atoms with van der Waals surface area (Å²) in [4.78, 5) is 35.5. The van der Waals surface area contributed by atoms with E-state index in [0.717, 1.165) is 0 Å². The third-order valence-corrected chi connectivity index (χ3v) is 6.58. The molecule has 0 aliphatic carbocycles. The SMILES string of the molecule is [2H]c1c([2H])c(SC([2H])(P(=O)(O)O)P(=O)(O)O)c([2H])c([2H])c1Cl. The quantitative estimate of drug-likeness (QED) is 0.495. The van der Waals surface area contributed by atoms with E-state index in [1.165, 1.54) is 0 Å². The maximum Gasteiger partial charge on any atom is 0.351 e. The lowest BCUT2D eigenvalue weighted by molar-refractivity contribution is 0.352. The van der Waals surface area contributed by atoms with Gasteiger partial charge in [-0.15, -0.1) is 0 Å². The van der Waals surface area contributed by atoms with Crippen LogP contribution in [0.1, 0.15) is 6.85 Å². The molecule has 10 heteroatoms. The smallest absolute Gasteiger partial charge is 0.323 e. The zero-order valence-corrected chi connectivity index (χ0v) is 11.1. The van der Waals surface area contributed by atoms with Crippen LogP contribution in [-0.4, -0.2) is 24.3 Å².